The Hall–Kier alpha value is -3.14. The molecule has 1 fully saturated rings. The second-order valence-corrected chi connectivity index (χ2v) is 11.6. The number of amides is 2. The molecule has 0 aliphatic heterocycles. The molecule has 3 aromatic rings. The minimum atomic E-state index is -3.82. The highest BCUT2D eigenvalue weighted by atomic mass is 32.2. The van der Waals surface area contributed by atoms with E-state index in [1.54, 1.807) is 0 Å². The molecule has 36 heavy (non-hydrogen) atoms. The van der Waals surface area contributed by atoms with Gasteiger partial charge in [-0.3, -0.25) is 9.59 Å². The van der Waals surface area contributed by atoms with Gasteiger partial charge in [0.15, 0.2) is 0 Å². The summed E-state index contributed by atoms with van der Waals surface area (Å²) in [4.78, 5) is 26.8. The van der Waals surface area contributed by atoms with Gasteiger partial charge in [0.1, 0.15) is 5.25 Å². The average Bonchev–Trinajstić information content (AvgIpc) is 2.88. The van der Waals surface area contributed by atoms with Crippen LogP contribution in [0.15, 0.2) is 88.7 Å². The normalized spacial score (nSPS) is 15.1. The Balaban J connectivity index is 1.50. The number of benzene rings is 3. The summed E-state index contributed by atoms with van der Waals surface area (Å²) in [6, 6.07) is 22.6. The van der Waals surface area contributed by atoms with Crippen LogP contribution in [0.3, 0.4) is 0 Å². The first-order valence-electron chi connectivity index (χ1n) is 11.9. The van der Waals surface area contributed by atoms with Crippen LogP contribution < -0.4 is 15.8 Å². The molecule has 1 unspecified atom stereocenters. The number of anilines is 2. The Labute approximate surface area is 215 Å². The lowest BCUT2D eigenvalue weighted by atomic mass is 9.88. The molecule has 3 aromatic carbocycles. The zero-order valence-corrected chi connectivity index (χ0v) is 21.4. The van der Waals surface area contributed by atoms with Crippen molar-refractivity contribution in [3.63, 3.8) is 0 Å². The molecule has 9 heteroatoms. The van der Waals surface area contributed by atoms with Gasteiger partial charge in [-0.15, -0.1) is 11.8 Å². The molecule has 2 amide bonds. The lowest BCUT2D eigenvalue weighted by Gasteiger charge is -2.21. The molecule has 4 rings (SSSR count). The molecule has 1 atom stereocenters. The molecule has 0 aromatic heterocycles. The third kappa shape index (κ3) is 6.96. The summed E-state index contributed by atoms with van der Waals surface area (Å²) in [6.45, 7) is 0. The molecular weight excluding hydrogens is 494 g/mol. The topological polar surface area (TPSA) is 118 Å². The maximum Gasteiger partial charge on any atom is 0.242 e. The highest BCUT2D eigenvalue weighted by molar-refractivity contribution is 8.00. The number of nitrogens with one attached hydrogen (secondary N) is 2. The van der Waals surface area contributed by atoms with Crippen LogP contribution in [0.4, 0.5) is 11.4 Å². The lowest BCUT2D eigenvalue weighted by Crippen LogP contribution is -2.24. The van der Waals surface area contributed by atoms with E-state index in [9.17, 15) is 18.0 Å². The molecule has 188 valence electrons. The SMILES string of the molecule is NS(=O)(=O)c1ccc(NC(=O)C(Sc2cccc(NC(=O)C3CCCCC3)c2)c2ccccc2)cc1. The van der Waals surface area contributed by atoms with Gasteiger partial charge in [0.2, 0.25) is 21.8 Å². The van der Waals surface area contributed by atoms with Gasteiger partial charge in [0.25, 0.3) is 0 Å². The van der Waals surface area contributed by atoms with E-state index in [1.807, 2.05) is 54.6 Å². The summed E-state index contributed by atoms with van der Waals surface area (Å²) in [5.41, 5.74) is 1.99. The molecule has 0 bridgehead atoms. The summed E-state index contributed by atoms with van der Waals surface area (Å²) >= 11 is 1.37. The summed E-state index contributed by atoms with van der Waals surface area (Å²) in [5, 5.41) is 10.5. The maximum absolute atomic E-state index is 13.3. The first-order chi connectivity index (χ1) is 17.3. The van der Waals surface area contributed by atoms with Crippen molar-refractivity contribution < 1.29 is 18.0 Å². The smallest absolute Gasteiger partial charge is 0.242 e. The summed E-state index contributed by atoms with van der Waals surface area (Å²) in [5.74, 6) is -0.151. The predicted molar refractivity (Wildman–Crippen MR) is 143 cm³/mol. The summed E-state index contributed by atoms with van der Waals surface area (Å²) < 4.78 is 23.0. The second kappa shape index (κ2) is 11.7. The van der Waals surface area contributed by atoms with Crippen molar-refractivity contribution in [3.05, 3.63) is 84.4 Å². The van der Waals surface area contributed by atoms with E-state index in [0.717, 1.165) is 36.1 Å². The van der Waals surface area contributed by atoms with Crippen molar-refractivity contribution in [3.8, 4) is 0 Å². The van der Waals surface area contributed by atoms with Crippen LogP contribution >= 0.6 is 11.8 Å². The molecule has 0 saturated heterocycles. The van der Waals surface area contributed by atoms with E-state index in [2.05, 4.69) is 10.6 Å². The minimum Gasteiger partial charge on any atom is -0.326 e. The fourth-order valence-electron chi connectivity index (χ4n) is 4.23. The Morgan fingerprint density at radius 3 is 2.19 bits per heavy atom. The van der Waals surface area contributed by atoms with Crippen LogP contribution in [0.1, 0.15) is 42.9 Å². The number of hydrogen-bond acceptors (Lipinski definition) is 5. The minimum absolute atomic E-state index is 0.0263. The first-order valence-corrected chi connectivity index (χ1v) is 14.3. The van der Waals surface area contributed by atoms with Crippen LogP contribution in [-0.4, -0.2) is 20.2 Å². The number of hydrogen-bond donors (Lipinski definition) is 3. The summed E-state index contributed by atoms with van der Waals surface area (Å²) in [6.07, 6.45) is 5.22. The number of carbonyl (C=O) groups excluding carboxylic acids is 2. The number of thioether (sulfide) groups is 1. The number of primary sulfonamides is 1. The Morgan fingerprint density at radius 2 is 1.53 bits per heavy atom. The van der Waals surface area contributed by atoms with Crippen molar-refractivity contribution in [2.45, 2.75) is 47.1 Å². The molecule has 1 aliphatic carbocycles. The lowest BCUT2D eigenvalue weighted by molar-refractivity contribution is -0.120. The number of nitrogens with two attached hydrogens (primary N) is 1. The van der Waals surface area contributed by atoms with Crippen molar-refractivity contribution in [2.24, 2.45) is 11.1 Å². The van der Waals surface area contributed by atoms with Gasteiger partial charge in [-0.05, 0) is 60.9 Å². The fraction of sp³-hybridized carbons (Fsp3) is 0.259. The Kier molecular flexibility index (Phi) is 8.45. The van der Waals surface area contributed by atoms with Crippen molar-refractivity contribution in [1.29, 1.82) is 0 Å². The van der Waals surface area contributed by atoms with Crippen LogP contribution in [0.25, 0.3) is 0 Å². The van der Waals surface area contributed by atoms with Gasteiger partial charge in [-0.1, -0.05) is 55.7 Å². The average molecular weight is 524 g/mol. The standard InChI is InChI=1S/C27H29N3O4S2/c28-36(33,34)24-16-14-21(15-17-24)29-27(32)25(19-8-3-1-4-9-19)35-23-13-7-12-22(18-23)30-26(31)20-10-5-2-6-11-20/h1,3-4,7-9,12-18,20,25H,2,5-6,10-11H2,(H,29,32)(H,30,31)(H2,28,33,34). The third-order valence-corrected chi connectivity index (χ3v) is 8.30. The Bertz CT molecular complexity index is 1310. The summed E-state index contributed by atoms with van der Waals surface area (Å²) in [7, 11) is -3.82. The Morgan fingerprint density at radius 1 is 0.833 bits per heavy atom. The monoisotopic (exact) mass is 523 g/mol. The van der Waals surface area contributed by atoms with E-state index in [0.29, 0.717) is 11.4 Å². The van der Waals surface area contributed by atoms with Crippen LogP contribution in [-0.2, 0) is 19.6 Å². The highest BCUT2D eigenvalue weighted by Gasteiger charge is 2.24. The van der Waals surface area contributed by atoms with Crippen molar-refractivity contribution in [2.75, 3.05) is 10.6 Å². The third-order valence-electron chi connectivity index (χ3n) is 6.12. The maximum atomic E-state index is 13.3. The van der Waals surface area contributed by atoms with E-state index in [-0.39, 0.29) is 22.6 Å². The van der Waals surface area contributed by atoms with Crippen LogP contribution in [0, 0.1) is 5.92 Å². The van der Waals surface area contributed by atoms with E-state index >= 15 is 0 Å². The van der Waals surface area contributed by atoms with Gasteiger partial charge >= 0.3 is 0 Å². The van der Waals surface area contributed by atoms with Gasteiger partial charge in [0, 0.05) is 22.2 Å². The molecular formula is C27H29N3O4S2. The number of sulfonamides is 1. The van der Waals surface area contributed by atoms with E-state index in [4.69, 9.17) is 5.14 Å². The van der Waals surface area contributed by atoms with Gasteiger partial charge in [-0.25, -0.2) is 13.6 Å². The predicted octanol–water partition coefficient (Wildman–Crippen LogP) is 5.32. The molecule has 7 nitrogen and oxygen atoms in total. The molecule has 4 N–H and O–H groups in total. The molecule has 1 saturated carbocycles. The molecule has 1 aliphatic rings. The highest BCUT2D eigenvalue weighted by Crippen LogP contribution is 2.37. The van der Waals surface area contributed by atoms with Gasteiger partial charge < -0.3 is 10.6 Å². The quantitative estimate of drug-likeness (QED) is 0.345. The zero-order valence-electron chi connectivity index (χ0n) is 19.7. The number of carbonyl (C=O) groups is 2. The molecule has 0 radical (unpaired) electrons. The van der Waals surface area contributed by atoms with E-state index in [1.165, 1.54) is 42.4 Å². The van der Waals surface area contributed by atoms with Gasteiger partial charge in [0.05, 0.1) is 4.90 Å². The zero-order chi connectivity index (χ0) is 25.5. The fourth-order valence-corrected chi connectivity index (χ4v) is 5.83. The first kappa shape index (κ1) is 25.9. The molecule has 0 spiro atoms. The van der Waals surface area contributed by atoms with Gasteiger partial charge in [-0.2, -0.15) is 0 Å². The largest absolute Gasteiger partial charge is 0.326 e. The van der Waals surface area contributed by atoms with Crippen molar-refractivity contribution in [1.82, 2.24) is 0 Å². The van der Waals surface area contributed by atoms with Crippen LogP contribution in [0.2, 0.25) is 0 Å². The van der Waals surface area contributed by atoms with Crippen molar-refractivity contribution >= 4 is 45.0 Å². The molecule has 0 heterocycles. The van der Waals surface area contributed by atoms with Crippen LogP contribution in [0.5, 0.6) is 0 Å². The second-order valence-electron chi connectivity index (χ2n) is 8.82. The van der Waals surface area contributed by atoms with E-state index < -0.39 is 15.3 Å². The number of rotatable bonds is 8.